The van der Waals surface area contributed by atoms with Crippen LogP contribution in [0.5, 0.6) is 5.75 Å². The molecule has 28 heavy (non-hydrogen) atoms. The lowest BCUT2D eigenvalue weighted by Crippen LogP contribution is -2.49. The predicted octanol–water partition coefficient (Wildman–Crippen LogP) is 4.14. The SMILES string of the molecule is CC(C)(C)c1ccc(S(=O)(=O)N2C3CCC2CC(Oc2ccncc2)C3)cc1. The van der Waals surface area contributed by atoms with Crippen molar-refractivity contribution in [3.05, 3.63) is 54.4 Å². The minimum Gasteiger partial charge on any atom is -0.490 e. The molecule has 2 aliphatic rings. The number of aromatic nitrogens is 1. The lowest BCUT2D eigenvalue weighted by Gasteiger charge is -2.37. The number of rotatable bonds is 4. The molecule has 2 bridgehead atoms. The molecule has 2 saturated heterocycles. The maximum Gasteiger partial charge on any atom is 0.243 e. The van der Waals surface area contributed by atoms with Crippen LogP contribution in [0.3, 0.4) is 0 Å². The number of hydrogen-bond acceptors (Lipinski definition) is 4. The molecule has 1 aromatic carbocycles. The van der Waals surface area contributed by atoms with Gasteiger partial charge in [-0.05, 0) is 48.1 Å². The summed E-state index contributed by atoms with van der Waals surface area (Å²) in [6.07, 6.45) is 6.75. The largest absolute Gasteiger partial charge is 0.490 e. The Morgan fingerprint density at radius 1 is 0.964 bits per heavy atom. The molecule has 0 N–H and O–H groups in total. The first-order valence-corrected chi connectivity index (χ1v) is 11.4. The summed E-state index contributed by atoms with van der Waals surface area (Å²) in [7, 11) is -3.49. The highest BCUT2D eigenvalue weighted by Crippen LogP contribution is 2.41. The lowest BCUT2D eigenvalue weighted by atomic mass is 9.87. The minimum atomic E-state index is -3.49. The Kier molecular flexibility index (Phi) is 4.96. The molecular weight excluding hydrogens is 372 g/mol. The Morgan fingerprint density at radius 3 is 2.07 bits per heavy atom. The number of benzene rings is 1. The van der Waals surface area contributed by atoms with E-state index in [9.17, 15) is 8.42 Å². The van der Waals surface area contributed by atoms with E-state index < -0.39 is 10.0 Å². The molecule has 0 aliphatic carbocycles. The predicted molar refractivity (Wildman–Crippen MR) is 109 cm³/mol. The maximum absolute atomic E-state index is 13.4. The molecule has 5 nitrogen and oxygen atoms in total. The van der Waals surface area contributed by atoms with Crippen molar-refractivity contribution < 1.29 is 13.2 Å². The van der Waals surface area contributed by atoms with Crippen molar-refractivity contribution in [3.8, 4) is 5.75 Å². The molecule has 0 spiro atoms. The molecule has 0 radical (unpaired) electrons. The quantitative estimate of drug-likeness (QED) is 0.774. The van der Waals surface area contributed by atoms with Crippen molar-refractivity contribution in [2.75, 3.05) is 0 Å². The van der Waals surface area contributed by atoms with E-state index in [2.05, 4.69) is 25.8 Å². The number of fused-ring (bicyclic) bond motifs is 2. The number of sulfonamides is 1. The molecule has 2 aromatic rings. The van der Waals surface area contributed by atoms with Gasteiger partial charge in [-0.1, -0.05) is 32.9 Å². The van der Waals surface area contributed by atoms with Crippen LogP contribution < -0.4 is 4.74 Å². The van der Waals surface area contributed by atoms with E-state index in [4.69, 9.17) is 4.74 Å². The van der Waals surface area contributed by atoms with Crippen molar-refractivity contribution >= 4 is 10.0 Å². The summed E-state index contributed by atoms with van der Waals surface area (Å²) >= 11 is 0. The van der Waals surface area contributed by atoms with Crippen LogP contribution in [0.15, 0.2) is 53.7 Å². The van der Waals surface area contributed by atoms with Gasteiger partial charge < -0.3 is 4.74 Å². The third-order valence-corrected chi connectivity index (χ3v) is 7.89. The first-order chi connectivity index (χ1) is 13.2. The summed E-state index contributed by atoms with van der Waals surface area (Å²) in [4.78, 5) is 4.41. The van der Waals surface area contributed by atoms with Gasteiger partial charge in [-0.2, -0.15) is 4.31 Å². The van der Waals surface area contributed by atoms with Gasteiger partial charge in [0.2, 0.25) is 10.0 Å². The topological polar surface area (TPSA) is 59.5 Å². The Morgan fingerprint density at radius 2 is 1.54 bits per heavy atom. The van der Waals surface area contributed by atoms with Gasteiger partial charge in [-0.15, -0.1) is 0 Å². The zero-order valence-electron chi connectivity index (χ0n) is 16.7. The molecule has 4 rings (SSSR count). The minimum absolute atomic E-state index is 0.00393. The van der Waals surface area contributed by atoms with Gasteiger partial charge in [-0.25, -0.2) is 8.42 Å². The van der Waals surface area contributed by atoms with Gasteiger partial charge in [0.25, 0.3) is 0 Å². The highest BCUT2D eigenvalue weighted by molar-refractivity contribution is 7.89. The van der Waals surface area contributed by atoms with Crippen LogP contribution in [0.25, 0.3) is 0 Å². The van der Waals surface area contributed by atoms with Gasteiger partial charge in [0, 0.05) is 37.3 Å². The smallest absolute Gasteiger partial charge is 0.243 e. The van der Waals surface area contributed by atoms with Gasteiger partial charge in [0.05, 0.1) is 4.90 Å². The fourth-order valence-electron chi connectivity index (χ4n) is 4.43. The average Bonchev–Trinajstić information content (AvgIpc) is 2.94. The Bertz CT molecular complexity index is 907. The van der Waals surface area contributed by atoms with E-state index >= 15 is 0 Å². The second-order valence-corrected chi connectivity index (χ2v) is 10.7. The lowest BCUT2D eigenvalue weighted by molar-refractivity contribution is 0.0956. The summed E-state index contributed by atoms with van der Waals surface area (Å²) in [5.74, 6) is 0.800. The highest BCUT2D eigenvalue weighted by Gasteiger charge is 2.47. The zero-order chi connectivity index (χ0) is 19.9. The van der Waals surface area contributed by atoms with Crippen LogP contribution >= 0.6 is 0 Å². The molecule has 2 atom stereocenters. The number of nitrogens with zero attached hydrogens (tertiary/aromatic N) is 2. The van der Waals surface area contributed by atoms with E-state index in [0.29, 0.717) is 4.90 Å². The Labute approximate surface area is 167 Å². The third-order valence-electron chi connectivity index (χ3n) is 5.87. The number of ether oxygens (including phenoxy) is 1. The first-order valence-electron chi connectivity index (χ1n) is 9.96. The molecule has 0 saturated carbocycles. The van der Waals surface area contributed by atoms with Crippen molar-refractivity contribution in [2.24, 2.45) is 0 Å². The van der Waals surface area contributed by atoms with Crippen LogP contribution in [-0.2, 0) is 15.4 Å². The summed E-state index contributed by atoms with van der Waals surface area (Å²) in [5.41, 5.74) is 1.14. The summed E-state index contributed by atoms with van der Waals surface area (Å²) in [6, 6.07) is 11.1. The summed E-state index contributed by atoms with van der Waals surface area (Å²) in [6.45, 7) is 6.39. The van der Waals surface area contributed by atoms with Gasteiger partial charge in [0.15, 0.2) is 0 Å². The molecular formula is C22H28N2O3S. The Hall–Kier alpha value is -1.92. The standard InChI is InChI=1S/C22H28N2O3S/c1-22(2,3)16-4-8-21(9-5-16)28(25,26)24-17-6-7-18(24)15-20(14-17)27-19-10-12-23-13-11-19/h4-5,8-13,17-18,20H,6-7,14-15H2,1-3H3. The van der Waals surface area contributed by atoms with Gasteiger partial charge >= 0.3 is 0 Å². The molecule has 2 fully saturated rings. The normalized spacial score (nSPS) is 25.6. The molecule has 6 heteroatoms. The van der Waals surface area contributed by atoms with E-state index in [1.165, 1.54) is 0 Å². The molecule has 1 aromatic heterocycles. The maximum atomic E-state index is 13.4. The molecule has 2 aliphatic heterocycles. The van der Waals surface area contributed by atoms with E-state index in [-0.39, 0.29) is 23.6 Å². The van der Waals surface area contributed by atoms with Crippen LogP contribution in [0, 0.1) is 0 Å². The number of pyridine rings is 1. The Balaban J connectivity index is 1.52. The fraction of sp³-hybridized carbons (Fsp3) is 0.500. The van der Waals surface area contributed by atoms with Crippen molar-refractivity contribution in [1.82, 2.24) is 9.29 Å². The van der Waals surface area contributed by atoms with Gasteiger partial charge in [-0.3, -0.25) is 4.98 Å². The number of hydrogen-bond donors (Lipinski definition) is 0. The first kappa shape index (κ1) is 19.4. The van der Waals surface area contributed by atoms with Crippen LogP contribution in [0.4, 0.5) is 0 Å². The van der Waals surface area contributed by atoms with Crippen molar-refractivity contribution in [3.63, 3.8) is 0 Å². The van der Waals surface area contributed by atoms with Gasteiger partial charge in [0.1, 0.15) is 11.9 Å². The zero-order valence-corrected chi connectivity index (χ0v) is 17.5. The molecule has 0 amide bonds. The highest BCUT2D eigenvalue weighted by atomic mass is 32.2. The third kappa shape index (κ3) is 3.67. The van der Waals surface area contributed by atoms with Crippen LogP contribution in [0.2, 0.25) is 0 Å². The fourth-order valence-corrected chi connectivity index (χ4v) is 6.32. The van der Waals surface area contributed by atoms with Crippen molar-refractivity contribution in [2.45, 2.75) is 75.0 Å². The summed E-state index contributed by atoms with van der Waals surface area (Å²) in [5, 5.41) is 0. The second kappa shape index (κ2) is 7.16. The molecule has 150 valence electrons. The van der Waals surface area contributed by atoms with E-state index in [1.807, 2.05) is 24.3 Å². The van der Waals surface area contributed by atoms with Crippen LogP contribution in [0.1, 0.15) is 52.0 Å². The second-order valence-electron chi connectivity index (χ2n) is 8.89. The number of piperidine rings is 1. The van der Waals surface area contributed by atoms with Crippen LogP contribution in [-0.4, -0.2) is 35.9 Å². The monoisotopic (exact) mass is 400 g/mol. The average molecular weight is 401 g/mol. The van der Waals surface area contributed by atoms with Crippen molar-refractivity contribution in [1.29, 1.82) is 0 Å². The summed E-state index contributed by atoms with van der Waals surface area (Å²) < 4.78 is 34.6. The van der Waals surface area contributed by atoms with E-state index in [0.717, 1.165) is 37.0 Å². The van der Waals surface area contributed by atoms with E-state index in [1.54, 1.807) is 28.8 Å². The molecule has 3 heterocycles. The molecule has 2 unspecified atom stereocenters.